The highest BCUT2D eigenvalue weighted by Crippen LogP contribution is 2.26. The van der Waals surface area contributed by atoms with Crippen LogP contribution < -0.4 is 10.3 Å². The fraction of sp³-hybridized carbons (Fsp3) is 0.188. The molecular formula is C16H15N3O3S. The summed E-state index contributed by atoms with van der Waals surface area (Å²) in [5.41, 5.74) is 1.38. The number of nitrogens with zero attached hydrogens (tertiary/aromatic N) is 3. The number of phenols is 1. The third-order valence-corrected chi connectivity index (χ3v) is 4.72. The lowest BCUT2D eigenvalue weighted by atomic mass is 10.2. The molecule has 2 aromatic heterocycles. The van der Waals surface area contributed by atoms with Gasteiger partial charge in [0.15, 0.2) is 11.5 Å². The zero-order valence-electron chi connectivity index (χ0n) is 12.9. The number of aromatic nitrogens is 2. The van der Waals surface area contributed by atoms with E-state index in [0.29, 0.717) is 16.7 Å². The summed E-state index contributed by atoms with van der Waals surface area (Å²) in [6.45, 7) is 3.88. The second-order valence-corrected chi connectivity index (χ2v) is 6.24. The number of rotatable bonds is 3. The van der Waals surface area contributed by atoms with Gasteiger partial charge < -0.3 is 9.84 Å². The first kappa shape index (κ1) is 15.2. The van der Waals surface area contributed by atoms with Gasteiger partial charge in [-0.3, -0.25) is 4.79 Å². The van der Waals surface area contributed by atoms with Gasteiger partial charge in [0.2, 0.25) is 0 Å². The molecule has 0 fully saturated rings. The lowest BCUT2D eigenvalue weighted by molar-refractivity contribution is 0.373. The lowest BCUT2D eigenvalue weighted by Crippen LogP contribution is -2.16. The number of methoxy groups -OCH3 is 1. The number of fused-ring (bicyclic) bond motifs is 1. The van der Waals surface area contributed by atoms with Crippen LogP contribution in [-0.4, -0.2) is 28.1 Å². The van der Waals surface area contributed by atoms with E-state index in [-0.39, 0.29) is 11.3 Å². The van der Waals surface area contributed by atoms with Crippen molar-refractivity contribution in [3.8, 4) is 11.5 Å². The molecule has 1 aromatic carbocycles. The Morgan fingerprint density at radius 1 is 1.39 bits per heavy atom. The van der Waals surface area contributed by atoms with Crippen LogP contribution in [0.2, 0.25) is 0 Å². The molecule has 23 heavy (non-hydrogen) atoms. The Morgan fingerprint density at radius 3 is 2.87 bits per heavy atom. The lowest BCUT2D eigenvalue weighted by Gasteiger charge is -2.03. The van der Waals surface area contributed by atoms with Crippen molar-refractivity contribution in [1.82, 2.24) is 9.66 Å². The van der Waals surface area contributed by atoms with Crippen molar-refractivity contribution in [3.63, 3.8) is 0 Å². The average molecular weight is 329 g/mol. The van der Waals surface area contributed by atoms with Crippen LogP contribution in [0, 0.1) is 13.8 Å². The second kappa shape index (κ2) is 5.85. The molecule has 0 aliphatic carbocycles. The summed E-state index contributed by atoms with van der Waals surface area (Å²) in [6.07, 6.45) is 2.89. The molecule has 0 saturated heterocycles. The molecule has 0 bridgehead atoms. The first-order chi connectivity index (χ1) is 11.0. The summed E-state index contributed by atoms with van der Waals surface area (Å²) in [4.78, 5) is 18.6. The fourth-order valence-corrected chi connectivity index (χ4v) is 3.21. The SMILES string of the molecule is COc1ccc(/C=N/n2cnc3sc(C)c(C)c3c2=O)cc1O. The maximum atomic E-state index is 12.5. The number of thiophene rings is 1. The van der Waals surface area contributed by atoms with Crippen LogP contribution in [0.25, 0.3) is 10.2 Å². The molecule has 0 aliphatic heterocycles. The van der Waals surface area contributed by atoms with Crippen LogP contribution in [0.4, 0.5) is 0 Å². The molecule has 1 N–H and O–H groups in total. The molecule has 0 saturated carbocycles. The highest BCUT2D eigenvalue weighted by molar-refractivity contribution is 7.18. The first-order valence-corrected chi connectivity index (χ1v) is 7.71. The van der Waals surface area contributed by atoms with Gasteiger partial charge in [0.1, 0.15) is 11.2 Å². The molecule has 2 heterocycles. The zero-order chi connectivity index (χ0) is 16.6. The Hall–Kier alpha value is -2.67. The highest BCUT2D eigenvalue weighted by atomic mass is 32.1. The van der Waals surface area contributed by atoms with Gasteiger partial charge in [-0.05, 0) is 43.2 Å². The van der Waals surface area contributed by atoms with Gasteiger partial charge in [-0.2, -0.15) is 9.78 Å². The highest BCUT2D eigenvalue weighted by Gasteiger charge is 2.11. The van der Waals surface area contributed by atoms with Crippen molar-refractivity contribution in [1.29, 1.82) is 0 Å². The number of hydrogen-bond donors (Lipinski definition) is 1. The van der Waals surface area contributed by atoms with Gasteiger partial charge in [-0.1, -0.05) is 0 Å². The second-order valence-electron chi connectivity index (χ2n) is 5.03. The summed E-state index contributed by atoms with van der Waals surface area (Å²) >= 11 is 1.50. The summed E-state index contributed by atoms with van der Waals surface area (Å²) in [6, 6.07) is 4.88. The van der Waals surface area contributed by atoms with E-state index in [9.17, 15) is 9.90 Å². The van der Waals surface area contributed by atoms with E-state index in [4.69, 9.17) is 4.74 Å². The molecule has 0 radical (unpaired) electrons. The van der Waals surface area contributed by atoms with Gasteiger partial charge in [0.25, 0.3) is 5.56 Å². The molecule has 0 aliphatic rings. The van der Waals surface area contributed by atoms with E-state index < -0.39 is 0 Å². The molecule has 0 unspecified atom stereocenters. The molecule has 0 atom stereocenters. The van der Waals surface area contributed by atoms with Crippen LogP contribution >= 0.6 is 11.3 Å². The molecule has 3 aromatic rings. The van der Waals surface area contributed by atoms with Crippen LogP contribution in [0.15, 0.2) is 34.4 Å². The van der Waals surface area contributed by atoms with Gasteiger partial charge in [0, 0.05) is 4.88 Å². The maximum Gasteiger partial charge on any atom is 0.282 e. The Labute approximate surface area is 136 Å². The van der Waals surface area contributed by atoms with Crippen molar-refractivity contribution in [2.24, 2.45) is 5.10 Å². The number of phenolic OH excluding ortho intramolecular Hbond substituents is 1. The molecule has 0 amide bonds. The Balaban J connectivity index is 2.01. The number of hydrogen-bond acceptors (Lipinski definition) is 6. The van der Waals surface area contributed by atoms with Crippen molar-refractivity contribution in [2.75, 3.05) is 7.11 Å². The molecule has 6 nitrogen and oxygen atoms in total. The molecular weight excluding hydrogens is 314 g/mol. The topological polar surface area (TPSA) is 76.7 Å². The van der Waals surface area contributed by atoms with Crippen molar-refractivity contribution in [2.45, 2.75) is 13.8 Å². The minimum absolute atomic E-state index is 0.0154. The van der Waals surface area contributed by atoms with E-state index in [0.717, 1.165) is 15.3 Å². The van der Waals surface area contributed by atoms with Crippen molar-refractivity contribution < 1.29 is 9.84 Å². The van der Waals surface area contributed by atoms with E-state index in [2.05, 4.69) is 10.1 Å². The maximum absolute atomic E-state index is 12.5. The predicted octanol–water partition coefficient (Wildman–Crippen LogP) is 2.67. The quantitative estimate of drug-likeness (QED) is 0.750. The van der Waals surface area contributed by atoms with Crippen LogP contribution in [0.3, 0.4) is 0 Å². The predicted molar refractivity (Wildman–Crippen MR) is 91.0 cm³/mol. The molecule has 0 spiro atoms. The van der Waals surface area contributed by atoms with Crippen LogP contribution in [0.1, 0.15) is 16.0 Å². The Morgan fingerprint density at radius 2 is 2.17 bits per heavy atom. The smallest absolute Gasteiger partial charge is 0.282 e. The third kappa shape index (κ3) is 2.70. The van der Waals surface area contributed by atoms with Gasteiger partial charge in [-0.15, -0.1) is 11.3 Å². The van der Waals surface area contributed by atoms with Crippen LogP contribution in [0.5, 0.6) is 11.5 Å². The summed E-state index contributed by atoms with van der Waals surface area (Å²) < 4.78 is 6.18. The first-order valence-electron chi connectivity index (χ1n) is 6.90. The Bertz CT molecular complexity index is 973. The van der Waals surface area contributed by atoms with E-state index >= 15 is 0 Å². The van der Waals surface area contributed by atoms with E-state index in [1.165, 1.54) is 41.7 Å². The van der Waals surface area contributed by atoms with E-state index in [1.54, 1.807) is 12.1 Å². The largest absolute Gasteiger partial charge is 0.504 e. The van der Waals surface area contributed by atoms with Crippen LogP contribution in [-0.2, 0) is 0 Å². The normalized spacial score (nSPS) is 11.4. The number of aromatic hydroxyl groups is 1. The third-order valence-electron chi connectivity index (χ3n) is 3.61. The Kier molecular flexibility index (Phi) is 3.87. The zero-order valence-corrected chi connectivity index (χ0v) is 13.7. The monoisotopic (exact) mass is 329 g/mol. The fourth-order valence-electron chi connectivity index (χ4n) is 2.22. The number of aryl methyl sites for hydroxylation is 2. The van der Waals surface area contributed by atoms with Gasteiger partial charge in [-0.25, -0.2) is 4.98 Å². The van der Waals surface area contributed by atoms with E-state index in [1.807, 2.05) is 13.8 Å². The molecule has 7 heteroatoms. The average Bonchev–Trinajstić information content (AvgIpc) is 2.82. The number of ether oxygens (including phenoxy) is 1. The summed E-state index contributed by atoms with van der Waals surface area (Å²) in [5, 5.41) is 14.5. The number of benzene rings is 1. The van der Waals surface area contributed by atoms with Gasteiger partial charge in [0.05, 0.1) is 18.7 Å². The summed E-state index contributed by atoms with van der Waals surface area (Å²) in [7, 11) is 1.48. The van der Waals surface area contributed by atoms with Crippen molar-refractivity contribution in [3.05, 3.63) is 50.9 Å². The minimum atomic E-state index is -0.203. The molecule has 3 rings (SSSR count). The van der Waals surface area contributed by atoms with Crippen molar-refractivity contribution >= 4 is 27.8 Å². The molecule has 118 valence electrons. The summed E-state index contributed by atoms with van der Waals surface area (Å²) in [5.74, 6) is 0.397. The minimum Gasteiger partial charge on any atom is -0.504 e. The standard InChI is InChI=1S/C16H15N3O3S/c1-9-10(2)23-15-14(9)16(21)19(8-17-15)18-7-11-4-5-13(22-3)12(20)6-11/h4-8,20H,1-3H3/b18-7+. The van der Waals surface area contributed by atoms with Gasteiger partial charge >= 0.3 is 0 Å².